The number of hydrogen-bond donors (Lipinski definition) is 0. The molecule has 1 heterocycles. The molecule has 3 rings (SSSR count). The molecule has 1 amide bonds. The third kappa shape index (κ3) is 4.04. The lowest BCUT2D eigenvalue weighted by atomic mass is 10.0. The van der Waals surface area contributed by atoms with Crippen molar-refractivity contribution < 1.29 is 4.79 Å². The van der Waals surface area contributed by atoms with Gasteiger partial charge in [0.25, 0.3) is 0 Å². The van der Waals surface area contributed by atoms with Gasteiger partial charge in [0.05, 0.1) is 6.42 Å². The molecule has 0 spiro atoms. The minimum Gasteiger partial charge on any atom is -0.342 e. The standard InChI is InChI=1S/C21H26N2O/c1-22(2)20-12-14-23(15-13-20)21(24)16-17-8-10-19(11-9-17)18-6-4-3-5-7-18/h3-11,20H,12-16H2,1-2H3. The van der Waals surface area contributed by atoms with Crippen LogP contribution in [0.3, 0.4) is 0 Å². The highest BCUT2D eigenvalue weighted by Gasteiger charge is 2.23. The summed E-state index contributed by atoms with van der Waals surface area (Å²) in [5.74, 6) is 0.250. The summed E-state index contributed by atoms with van der Waals surface area (Å²) < 4.78 is 0. The maximum atomic E-state index is 12.5. The number of benzene rings is 2. The summed E-state index contributed by atoms with van der Waals surface area (Å²) in [6.07, 6.45) is 2.65. The summed E-state index contributed by atoms with van der Waals surface area (Å²) in [6, 6.07) is 19.3. The molecule has 24 heavy (non-hydrogen) atoms. The highest BCUT2D eigenvalue weighted by atomic mass is 16.2. The third-order valence-electron chi connectivity index (χ3n) is 4.96. The van der Waals surface area contributed by atoms with Gasteiger partial charge >= 0.3 is 0 Å². The first-order chi connectivity index (χ1) is 11.6. The van der Waals surface area contributed by atoms with Crippen molar-refractivity contribution in [2.75, 3.05) is 27.2 Å². The van der Waals surface area contributed by atoms with Crippen LogP contribution < -0.4 is 0 Å². The Kier molecular flexibility index (Phi) is 5.31. The summed E-state index contributed by atoms with van der Waals surface area (Å²) in [7, 11) is 4.24. The first-order valence-corrected chi connectivity index (χ1v) is 8.72. The van der Waals surface area contributed by atoms with Crippen molar-refractivity contribution in [3.05, 3.63) is 60.2 Å². The minimum atomic E-state index is 0.250. The number of nitrogens with zero attached hydrogens (tertiary/aromatic N) is 2. The molecule has 1 aliphatic heterocycles. The molecular formula is C21H26N2O. The normalized spacial score (nSPS) is 15.7. The summed E-state index contributed by atoms with van der Waals surface area (Å²) in [6.45, 7) is 1.76. The molecule has 126 valence electrons. The van der Waals surface area contributed by atoms with Crippen LogP contribution in [-0.2, 0) is 11.2 Å². The zero-order chi connectivity index (χ0) is 16.9. The van der Waals surface area contributed by atoms with Crippen molar-refractivity contribution in [1.82, 2.24) is 9.80 Å². The molecule has 0 radical (unpaired) electrons. The zero-order valence-corrected chi connectivity index (χ0v) is 14.6. The average molecular weight is 322 g/mol. The fourth-order valence-electron chi connectivity index (χ4n) is 3.36. The third-order valence-corrected chi connectivity index (χ3v) is 4.96. The Labute approximate surface area is 144 Å². The quantitative estimate of drug-likeness (QED) is 0.861. The molecule has 0 N–H and O–H groups in total. The van der Waals surface area contributed by atoms with Crippen LogP contribution in [0.1, 0.15) is 18.4 Å². The smallest absolute Gasteiger partial charge is 0.226 e. The van der Waals surface area contributed by atoms with Crippen LogP contribution in [0, 0.1) is 0 Å². The Morgan fingerprint density at radius 1 is 0.958 bits per heavy atom. The van der Waals surface area contributed by atoms with E-state index in [9.17, 15) is 4.79 Å². The van der Waals surface area contributed by atoms with Gasteiger partial charge in [-0.1, -0.05) is 54.6 Å². The van der Waals surface area contributed by atoms with Crippen LogP contribution in [0.15, 0.2) is 54.6 Å². The summed E-state index contributed by atoms with van der Waals surface area (Å²) in [5, 5.41) is 0. The fraction of sp³-hybridized carbons (Fsp3) is 0.381. The molecule has 1 fully saturated rings. The van der Waals surface area contributed by atoms with Gasteiger partial charge in [-0.25, -0.2) is 0 Å². The van der Waals surface area contributed by atoms with Gasteiger partial charge in [0, 0.05) is 19.1 Å². The van der Waals surface area contributed by atoms with Crippen LogP contribution >= 0.6 is 0 Å². The largest absolute Gasteiger partial charge is 0.342 e. The lowest BCUT2D eigenvalue weighted by molar-refractivity contribution is -0.131. The molecule has 0 aromatic heterocycles. The Bertz CT molecular complexity index is 656. The van der Waals surface area contributed by atoms with Gasteiger partial charge in [0.1, 0.15) is 0 Å². The first kappa shape index (κ1) is 16.7. The second kappa shape index (κ2) is 7.63. The summed E-state index contributed by atoms with van der Waals surface area (Å²) in [4.78, 5) is 16.8. The molecule has 0 aliphatic carbocycles. The maximum absolute atomic E-state index is 12.5. The van der Waals surface area contributed by atoms with Gasteiger partial charge in [-0.3, -0.25) is 4.79 Å². The summed E-state index contributed by atoms with van der Waals surface area (Å²) >= 11 is 0. The molecule has 0 bridgehead atoms. The monoisotopic (exact) mass is 322 g/mol. The van der Waals surface area contributed by atoms with Gasteiger partial charge < -0.3 is 9.80 Å². The molecule has 0 saturated carbocycles. The van der Waals surface area contributed by atoms with Crippen molar-refractivity contribution in [2.45, 2.75) is 25.3 Å². The van der Waals surface area contributed by atoms with Crippen molar-refractivity contribution in [3.8, 4) is 11.1 Å². The molecule has 0 unspecified atom stereocenters. The van der Waals surface area contributed by atoms with E-state index in [1.807, 2.05) is 23.1 Å². The van der Waals surface area contributed by atoms with E-state index in [2.05, 4.69) is 55.4 Å². The van der Waals surface area contributed by atoms with Crippen molar-refractivity contribution in [1.29, 1.82) is 0 Å². The number of hydrogen-bond acceptors (Lipinski definition) is 2. The zero-order valence-electron chi connectivity index (χ0n) is 14.6. The Morgan fingerprint density at radius 3 is 2.12 bits per heavy atom. The van der Waals surface area contributed by atoms with E-state index in [1.165, 1.54) is 11.1 Å². The summed E-state index contributed by atoms with van der Waals surface area (Å²) in [5.41, 5.74) is 3.49. The van der Waals surface area contributed by atoms with Crippen LogP contribution in [0.5, 0.6) is 0 Å². The molecule has 2 aromatic rings. The highest BCUT2D eigenvalue weighted by molar-refractivity contribution is 5.79. The predicted octanol–water partition coefficient (Wildman–Crippen LogP) is 3.45. The van der Waals surface area contributed by atoms with Gasteiger partial charge in [-0.05, 0) is 43.6 Å². The topological polar surface area (TPSA) is 23.6 Å². The Hall–Kier alpha value is -2.13. The first-order valence-electron chi connectivity index (χ1n) is 8.72. The van der Waals surface area contributed by atoms with E-state index in [4.69, 9.17) is 0 Å². The molecule has 3 heteroatoms. The van der Waals surface area contributed by atoms with Crippen molar-refractivity contribution in [3.63, 3.8) is 0 Å². The number of rotatable bonds is 4. The molecule has 0 atom stereocenters. The van der Waals surface area contributed by atoms with E-state index >= 15 is 0 Å². The van der Waals surface area contributed by atoms with E-state index < -0.39 is 0 Å². The molecule has 1 aliphatic rings. The van der Waals surface area contributed by atoms with Crippen LogP contribution in [0.25, 0.3) is 11.1 Å². The van der Waals surface area contributed by atoms with Crippen molar-refractivity contribution >= 4 is 5.91 Å². The number of carbonyl (C=O) groups excluding carboxylic acids is 1. The SMILES string of the molecule is CN(C)C1CCN(C(=O)Cc2ccc(-c3ccccc3)cc2)CC1. The number of carbonyl (C=O) groups is 1. The second-order valence-electron chi connectivity index (χ2n) is 6.82. The van der Waals surface area contributed by atoms with E-state index in [1.54, 1.807) is 0 Å². The second-order valence-corrected chi connectivity index (χ2v) is 6.82. The van der Waals surface area contributed by atoms with Crippen molar-refractivity contribution in [2.24, 2.45) is 0 Å². The average Bonchev–Trinajstić information content (AvgIpc) is 2.63. The molecule has 2 aromatic carbocycles. The van der Waals surface area contributed by atoms with E-state index in [0.29, 0.717) is 12.5 Å². The highest BCUT2D eigenvalue weighted by Crippen LogP contribution is 2.20. The van der Waals surface area contributed by atoms with Crippen LogP contribution in [0.2, 0.25) is 0 Å². The lowest BCUT2D eigenvalue weighted by Crippen LogP contribution is -2.44. The fourth-order valence-corrected chi connectivity index (χ4v) is 3.36. The van der Waals surface area contributed by atoms with E-state index in [-0.39, 0.29) is 5.91 Å². The Balaban J connectivity index is 1.57. The van der Waals surface area contributed by atoms with Gasteiger partial charge in [-0.15, -0.1) is 0 Å². The molecule has 1 saturated heterocycles. The number of likely N-dealkylation sites (tertiary alicyclic amines) is 1. The van der Waals surface area contributed by atoms with Crippen LogP contribution in [-0.4, -0.2) is 48.9 Å². The lowest BCUT2D eigenvalue weighted by Gasteiger charge is -2.35. The van der Waals surface area contributed by atoms with E-state index in [0.717, 1.165) is 31.5 Å². The number of piperidine rings is 1. The van der Waals surface area contributed by atoms with Gasteiger partial charge in [-0.2, -0.15) is 0 Å². The molecular weight excluding hydrogens is 296 g/mol. The van der Waals surface area contributed by atoms with Crippen LogP contribution in [0.4, 0.5) is 0 Å². The maximum Gasteiger partial charge on any atom is 0.226 e. The van der Waals surface area contributed by atoms with Gasteiger partial charge in [0.15, 0.2) is 0 Å². The number of amides is 1. The van der Waals surface area contributed by atoms with Gasteiger partial charge in [0.2, 0.25) is 5.91 Å². The molecule has 3 nitrogen and oxygen atoms in total. The Morgan fingerprint density at radius 2 is 1.54 bits per heavy atom. The minimum absolute atomic E-state index is 0.250. The predicted molar refractivity (Wildman–Crippen MR) is 98.9 cm³/mol.